The molecule has 2 rings (SSSR count). The highest BCUT2D eigenvalue weighted by Crippen LogP contribution is 2.28. The van der Waals surface area contributed by atoms with Crippen molar-refractivity contribution in [3.63, 3.8) is 0 Å². The maximum Gasteiger partial charge on any atom is 0.134 e. The van der Waals surface area contributed by atoms with Crippen molar-refractivity contribution in [2.24, 2.45) is 5.92 Å². The number of nitrogens with one attached hydrogen (secondary N) is 1. The lowest BCUT2D eigenvalue weighted by molar-refractivity contribution is -0.120. The predicted molar refractivity (Wildman–Crippen MR) is 57.2 cm³/mol. The van der Waals surface area contributed by atoms with Crippen molar-refractivity contribution in [3.05, 3.63) is 0 Å². The predicted octanol–water partition coefficient (Wildman–Crippen LogP) is 2.28. The fourth-order valence-corrected chi connectivity index (χ4v) is 2.83. The van der Waals surface area contributed by atoms with Crippen molar-refractivity contribution in [2.45, 2.75) is 57.4 Å². The van der Waals surface area contributed by atoms with Crippen molar-refractivity contribution in [2.75, 3.05) is 6.54 Å². The number of hydrogen-bond donors (Lipinski definition) is 1. The monoisotopic (exact) mass is 195 g/mol. The van der Waals surface area contributed by atoms with Crippen LogP contribution in [0, 0.1) is 5.92 Å². The van der Waals surface area contributed by atoms with Crippen LogP contribution in [-0.2, 0) is 4.79 Å². The van der Waals surface area contributed by atoms with E-state index in [-0.39, 0.29) is 0 Å². The average molecular weight is 195 g/mol. The van der Waals surface area contributed by atoms with E-state index in [9.17, 15) is 4.79 Å². The quantitative estimate of drug-likeness (QED) is 0.745. The Bertz CT molecular complexity index is 170. The summed E-state index contributed by atoms with van der Waals surface area (Å²) in [4.78, 5) is 11.7. The van der Waals surface area contributed by atoms with Gasteiger partial charge < -0.3 is 5.32 Å². The zero-order valence-electron chi connectivity index (χ0n) is 8.93. The number of Topliss-reactive ketones (excluding diaryl/α,β-unsaturated/α-hetero) is 1. The van der Waals surface area contributed by atoms with E-state index < -0.39 is 0 Å². The lowest BCUT2D eigenvalue weighted by Gasteiger charge is -2.11. The van der Waals surface area contributed by atoms with E-state index in [4.69, 9.17) is 0 Å². The second-order valence-corrected chi connectivity index (χ2v) is 4.89. The molecule has 0 aromatic carbocycles. The Morgan fingerprint density at radius 3 is 2.50 bits per heavy atom. The number of ketones is 1. The van der Waals surface area contributed by atoms with Gasteiger partial charge in [-0.2, -0.15) is 0 Å². The first-order chi connectivity index (χ1) is 6.84. The highest BCUT2D eigenvalue weighted by molar-refractivity contribution is 5.79. The summed E-state index contributed by atoms with van der Waals surface area (Å²) in [6.07, 6.45) is 9.39. The maximum absolute atomic E-state index is 11.7. The van der Waals surface area contributed by atoms with Gasteiger partial charge in [0.1, 0.15) is 5.78 Å². The van der Waals surface area contributed by atoms with Gasteiger partial charge in [0, 0.05) is 18.9 Å². The van der Waals surface area contributed by atoms with E-state index in [1.165, 1.54) is 38.5 Å². The first-order valence-electron chi connectivity index (χ1n) is 6.09. The minimum absolute atomic E-state index is 0.497. The third kappa shape index (κ3) is 2.81. The summed E-state index contributed by atoms with van der Waals surface area (Å²) < 4.78 is 0. The van der Waals surface area contributed by atoms with Crippen LogP contribution in [0.4, 0.5) is 0 Å². The number of carbonyl (C=O) groups excluding carboxylic acids is 1. The summed E-state index contributed by atoms with van der Waals surface area (Å²) in [5.41, 5.74) is 0. The van der Waals surface area contributed by atoms with Crippen LogP contribution >= 0.6 is 0 Å². The molecule has 0 amide bonds. The van der Waals surface area contributed by atoms with Gasteiger partial charge in [0.05, 0.1) is 0 Å². The SMILES string of the molecule is O=C(CC1CCCC1)CC1CCCN1. The molecular formula is C12H21NO. The maximum atomic E-state index is 11.7. The van der Waals surface area contributed by atoms with Crippen molar-refractivity contribution < 1.29 is 4.79 Å². The van der Waals surface area contributed by atoms with Gasteiger partial charge >= 0.3 is 0 Å². The molecule has 2 aliphatic rings. The number of hydrogen-bond acceptors (Lipinski definition) is 2. The largest absolute Gasteiger partial charge is 0.314 e. The molecule has 14 heavy (non-hydrogen) atoms. The van der Waals surface area contributed by atoms with Crippen LogP contribution in [0.3, 0.4) is 0 Å². The Kier molecular flexibility index (Phi) is 3.57. The molecule has 1 N–H and O–H groups in total. The molecule has 2 nitrogen and oxygen atoms in total. The summed E-state index contributed by atoms with van der Waals surface area (Å²) >= 11 is 0. The van der Waals surface area contributed by atoms with E-state index in [1.54, 1.807) is 0 Å². The van der Waals surface area contributed by atoms with Gasteiger partial charge in [-0.1, -0.05) is 25.7 Å². The van der Waals surface area contributed by atoms with Gasteiger partial charge in [0.25, 0.3) is 0 Å². The molecule has 0 spiro atoms. The van der Waals surface area contributed by atoms with E-state index in [2.05, 4.69) is 5.32 Å². The molecule has 1 saturated heterocycles. The minimum atomic E-state index is 0.497. The minimum Gasteiger partial charge on any atom is -0.314 e. The molecule has 1 heterocycles. The van der Waals surface area contributed by atoms with E-state index in [0.29, 0.717) is 11.8 Å². The fourth-order valence-electron chi connectivity index (χ4n) is 2.83. The van der Waals surface area contributed by atoms with Gasteiger partial charge in [0.2, 0.25) is 0 Å². The standard InChI is InChI=1S/C12H21NO/c14-12(8-10-4-1-2-5-10)9-11-6-3-7-13-11/h10-11,13H,1-9H2. The summed E-state index contributed by atoms with van der Waals surface area (Å²) in [5, 5.41) is 3.39. The van der Waals surface area contributed by atoms with Crippen LogP contribution < -0.4 is 5.32 Å². The molecule has 1 unspecified atom stereocenters. The van der Waals surface area contributed by atoms with Crippen LogP contribution in [0.1, 0.15) is 51.4 Å². The Morgan fingerprint density at radius 2 is 1.86 bits per heavy atom. The number of carbonyl (C=O) groups is 1. The zero-order valence-corrected chi connectivity index (χ0v) is 8.93. The summed E-state index contributed by atoms with van der Waals surface area (Å²) in [6, 6.07) is 0.504. The topological polar surface area (TPSA) is 29.1 Å². The fraction of sp³-hybridized carbons (Fsp3) is 0.917. The van der Waals surface area contributed by atoms with Crippen LogP contribution in [0.2, 0.25) is 0 Å². The van der Waals surface area contributed by atoms with Crippen molar-refractivity contribution in [1.29, 1.82) is 0 Å². The second-order valence-electron chi connectivity index (χ2n) is 4.89. The Labute approximate surface area is 86.5 Å². The van der Waals surface area contributed by atoms with Crippen LogP contribution in [0.15, 0.2) is 0 Å². The molecule has 1 atom stereocenters. The van der Waals surface area contributed by atoms with Gasteiger partial charge in [-0.3, -0.25) is 4.79 Å². The van der Waals surface area contributed by atoms with E-state index >= 15 is 0 Å². The molecule has 1 saturated carbocycles. The molecule has 1 aliphatic heterocycles. The van der Waals surface area contributed by atoms with Crippen molar-refractivity contribution >= 4 is 5.78 Å². The molecule has 2 fully saturated rings. The Hall–Kier alpha value is -0.370. The van der Waals surface area contributed by atoms with E-state index in [1.807, 2.05) is 0 Å². The Morgan fingerprint density at radius 1 is 1.07 bits per heavy atom. The average Bonchev–Trinajstić information content (AvgIpc) is 2.76. The second kappa shape index (κ2) is 4.92. The summed E-state index contributed by atoms with van der Waals surface area (Å²) in [6.45, 7) is 1.11. The lowest BCUT2D eigenvalue weighted by Crippen LogP contribution is -2.25. The molecule has 2 heteroatoms. The third-order valence-electron chi connectivity index (χ3n) is 3.63. The normalized spacial score (nSPS) is 28.4. The summed E-state index contributed by atoms with van der Waals surface area (Å²) in [5.74, 6) is 1.22. The lowest BCUT2D eigenvalue weighted by atomic mass is 9.97. The van der Waals surface area contributed by atoms with Gasteiger partial charge in [0.15, 0.2) is 0 Å². The van der Waals surface area contributed by atoms with Crippen molar-refractivity contribution in [3.8, 4) is 0 Å². The highest BCUT2D eigenvalue weighted by atomic mass is 16.1. The molecule has 0 aromatic rings. The molecule has 1 aliphatic carbocycles. The molecule has 0 aromatic heterocycles. The zero-order chi connectivity index (χ0) is 9.80. The highest BCUT2D eigenvalue weighted by Gasteiger charge is 2.22. The third-order valence-corrected chi connectivity index (χ3v) is 3.63. The van der Waals surface area contributed by atoms with Crippen LogP contribution in [0.25, 0.3) is 0 Å². The van der Waals surface area contributed by atoms with Gasteiger partial charge in [-0.25, -0.2) is 0 Å². The molecule has 0 bridgehead atoms. The molecule has 0 radical (unpaired) electrons. The first-order valence-corrected chi connectivity index (χ1v) is 6.09. The smallest absolute Gasteiger partial charge is 0.134 e. The van der Waals surface area contributed by atoms with Gasteiger partial charge in [-0.15, -0.1) is 0 Å². The number of rotatable bonds is 4. The first kappa shape index (κ1) is 10.2. The van der Waals surface area contributed by atoms with Crippen LogP contribution in [0.5, 0.6) is 0 Å². The van der Waals surface area contributed by atoms with E-state index in [0.717, 1.165) is 25.3 Å². The van der Waals surface area contributed by atoms with Gasteiger partial charge in [-0.05, 0) is 25.3 Å². The van der Waals surface area contributed by atoms with Crippen molar-refractivity contribution in [1.82, 2.24) is 5.32 Å². The van der Waals surface area contributed by atoms with Crippen LogP contribution in [-0.4, -0.2) is 18.4 Å². The Balaban J connectivity index is 1.66. The molecular weight excluding hydrogens is 174 g/mol. The molecule has 80 valence electrons. The summed E-state index contributed by atoms with van der Waals surface area (Å²) in [7, 11) is 0.